The van der Waals surface area contributed by atoms with Crippen molar-refractivity contribution < 1.29 is 4.79 Å². The van der Waals surface area contributed by atoms with E-state index >= 15 is 0 Å². The molecule has 1 aliphatic rings. The van der Waals surface area contributed by atoms with Crippen molar-refractivity contribution in [2.24, 2.45) is 0 Å². The average Bonchev–Trinajstić information content (AvgIpc) is 2.81. The highest BCUT2D eigenvalue weighted by Crippen LogP contribution is 2.32. The molecule has 2 atom stereocenters. The summed E-state index contributed by atoms with van der Waals surface area (Å²) >= 11 is 0. The third-order valence-corrected chi connectivity index (χ3v) is 4.01. The Balaban J connectivity index is 1.78. The number of anilines is 1. The van der Waals surface area contributed by atoms with Crippen LogP contribution in [0.2, 0.25) is 0 Å². The van der Waals surface area contributed by atoms with E-state index in [-0.39, 0.29) is 11.9 Å². The van der Waals surface area contributed by atoms with Gasteiger partial charge in [0.1, 0.15) is 0 Å². The molecule has 2 unspecified atom stereocenters. The van der Waals surface area contributed by atoms with Crippen LogP contribution in [0.4, 0.5) is 5.69 Å². The lowest BCUT2D eigenvalue weighted by Gasteiger charge is -2.15. The van der Waals surface area contributed by atoms with E-state index in [1.54, 1.807) is 0 Å². The molecule has 0 aliphatic heterocycles. The summed E-state index contributed by atoms with van der Waals surface area (Å²) in [7, 11) is 0. The first-order valence-electron chi connectivity index (χ1n) is 7.51. The molecule has 1 aliphatic carbocycles. The minimum atomic E-state index is 0.127. The smallest absolute Gasteiger partial charge is 0.221 e. The Morgan fingerprint density at radius 1 is 1.50 bits per heavy atom. The molecule has 0 bridgehead atoms. The summed E-state index contributed by atoms with van der Waals surface area (Å²) in [5, 5.41) is 6.46. The maximum Gasteiger partial charge on any atom is 0.221 e. The van der Waals surface area contributed by atoms with E-state index in [0.717, 1.165) is 31.5 Å². The number of nitrogens with two attached hydrogens (primary N) is 1. The molecule has 20 heavy (non-hydrogen) atoms. The number of benzene rings is 1. The average molecular weight is 275 g/mol. The van der Waals surface area contributed by atoms with Crippen LogP contribution in [-0.4, -0.2) is 18.5 Å². The van der Waals surface area contributed by atoms with Gasteiger partial charge < -0.3 is 16.4 Å². The largest absolute Gasteiger partial charge is 0.399 e. The lowest BCUT2D eigenvalue weighted by Crippen LogP contribution is -2.34. The molecular formula is C16H25N3O. The molecule has 2 rings (SSSR count). The van der Waals surface area contributed by atoms with Crippen LogP contribution in [0.5, 0.6) is 0 Å². The van der Waals surface area contributed by atoms with E-state index in [0.29, 0.717) is 12.5 Å². The highest BCUT2D eigenvalue weighted by Gasteiger charge is 2.21. The van der Waals surface area contributed by atoms with Gasteiger partial charge in [-0.2, -0.15) is 0 Å². The summed E-state index contributed by atoms with van der Waals surface area (Å²) in [6, 6.07) is 6.75. The Labute approximate surface area is 121 Å². The van der Waals surface area contributed by atoms with Crippen molar-refractivity contribution >= 4 is 11.6 Å². The van der Waals surface area contributed by atoms with Crippen LogP contribution >= 0.6 is 0 Å². The molecule has 0 saturated carbocycles. The van der Waals surface area contributed by atoms with Gasteiger partial charge in [0.25, 0.3) is 0 Å². The van der Waals surface area contributed by atoms with E-state index in [1.807, 2.05) is 13.0 Å². The number of carbonyl (C=O) groups is 1. The molecule has 0 saturated heterocycles. The number of rotatable bonds is 6. The second kappa shape index (κ2) is 6.75. The predicted octanol–water partition coefficient (Wildman–Crippen LogP) is 2.15. The maximum absolute atomic E-state index is 11.7. The maximum atomic E-state index is 11.7. The van der Waals surface area contributed by atoms with Crippen LogP contribution in [0.15, 0.2) is 18.2 Å². The summed E-state index contributed by atoms with van der Waals surface area (Å²) in [4.78, 5) is 11.7. The molecule has 0 aromatic heterocycles. The summed E-state index contributed by atoms with van der Waals surface area (Å²) < 4.78 is 0. The van der Waals surface area contributed by atoms with Crippen molar-refractivity contribution in [2.45, 2.75) is 51.6 Å². The Morgan fingerprint density at radius 2 is 2.30 bits per heavy atom. The van der Waals surface area contributed by atoms with Gasteiger partial charge in [-0.1, -0.05) is 13.0 Å². The summed E-state index contributed by atoms with van der Waals surface area (Å²) in [5.41, 5.74) is 9.31. The molecule has 4 nitrogen and oxygen atoms in total. The van der Waals surface area contributed by atoms with Gasteiger partial charge in [-0.25, -0.2) is 0 Å². The third-order valence-electron chi connectivity index (χ3n) is 4.01. The van der Waals surface area contributed by atoms with Crippen LogP contribution in [0, 0.1) is 0 Å². The molecule has 0 spiro atoms. The van der Waals surface area contributed by atoms with Crippen LogP contribution in [0.1, 0.15) is 50.3 Å². The summed E-state index contributed by atoms with van der Waals surface area (Å²) in [5.74, 6) is 0.127. The minimum absolute atomic E-state index is 0.127. The molecule has 4 N–H and O–H groups in total. The fraction of sp³-hybridized carbons (Fsp3) is 0.562. The Kier molecular flexibility index (Phi) is 5.01. The van der Waals surface area contributed by atoms with E-state index in [1.165, 1.54) is 11.1 Å². The van der Waals surface area contributed by atoms with E-state index < -0.39 is 0 Å². The fourth-order valence-electron chi connectivity index (χ4n) is 2.66. The van der Waals surface area contributed by atoms with Gasteiger partial charge in [-0.05, 0) is 49.4 Å². The first kappa shape index (κ1) is 14.9. The van der Waals surface area contributed by atoms with Gasteiger partial charge in [0.05, 0.1) is 0 Å². The highest BCUT2D eigenvalue weighted by atomic mass is 16.1. The second-order valence-corrected chi connectivity index (χ2v) is 5.63. The van der Waals surface area contributed by atoms with Crippen molar-refractivity contribution in [3.63, 3.8) is 0 Å². The van der Waals surface area contributed by atoms with Gasteiger partial charge in [0.2, 0.25) is 5.91 Å². The molecule has 0 fully saturated rings. The van der Waals surface area contributed by atoms with Gasteiger partial charge in [0.15, 0.2) is 0 Å². The zero-order valence-corrected chi connectivity index (χ0v) is 12.4. The number of hydrogen-bond donors (Lipinski definition) is 3. The monoisotopic (exact) mass is 275 g/mol. The van der Waals surface area contributed by atoms with Crippen molar-refractivity contribution in [1.29, 1.82) is 0 Å². The van der Waals surface area contributed by atoms with Crippen molar-refractivity contribution in [1.82, 2.24) is 10.6 Å². The van der Waals surface area contributed by atoms with Crippen LogP contribution in [-0.2, 0) is 11.2 Å². The SMILES string of the molecule is CCC(C)NC(=O)CCNC1CCc2cc(N)ccc21. The number of aryl methyl sites for hydroxylation is 1. The molecular weight excluding hydrogens is 250 g/mol. The van der Waals surface area contributed by atoms with Gasteiger partial charge in [0, 0.05) is 30.7 Å². The molecule has 0 radical (unpaired) electrons. The topological polar surface area (TPSA) is 67.2 Å². The zero-order valence-electron chi connectivity index (χ0n) is 12.4. The number of amides is 1. The number of hydrogen-bond acceptors (Lipinski definition) is 3. The van der Waals surface area contributed by atoms with Crippen LogP contribution in [0.3, 0.4) is 0 Å². The Hall–Kier alpha value is -1.55. The number of nitrogens with one attached hydrogen (secondary N) is 2. The van der Waals surface area contributed by atoms with E-state index in [9.17, 15) is 4.79 Å². The lowest BCUT2D eigenvalue weighted by molar-refractivity contribution is -0.121. The first-order chi connectivity index (χ1) is 9.60. The summed E-state index contributed by atoms with van der Waals surface area (Å²) in [6.45, 7) is 4.82. The predicted molar refractivity (Wildman–Crippen MR) is 82.4 cm³/mol. The van der Waals surface area contributed by atoms with Crippen molar-refractivity contribution in [3.8, 4) is 0 Å². The Bertz CT molecular complexity index is 473. The zero-order chi connectivity index (χ0) is 14.5. The first-order valence-corrected chi connectivity index (χ1v) is 7.51. The Morgan fingerprint density at radius 3 is 3.05 bits per heavy atom. The number of carbonyl (C=O) groups excluding carboxylic acids is 1. The van der Waals surface area contributed by atoms with E-state index in [4.69, 9.17) is 5.73 Å². The second-order valence-electron chi connectivity index (χ2n) is 5.63. The third kappa shape index (κ3) is 3.73. The molecule has 1 aromatic carbocycles. The number of nitrogen functional groups attached to an aromatic ring is 1. The van der Waals surface area contributed by atoms with E-state index in [2.05, 4.69) is 29.7 Å². The molecule has 1 aromatic rings. The van der Waals surface area contributed by atoms with Gasteiger partial charge in [-0.15, -0.1) is 0 Å². The lowest BCUT2D eigenvalue weighted by atomic mass is 10.1. The van der Waals surface area contributed by atoms with Crippen molar-refractivity contribution in [3.05, 3.63) is 29.3 Å². The van der Waals surface area contributed by atoms with Gasteiger partial charge >= 0.3 is 0 Å². The molecule has 110 valence electrons. The molecule has 0 heterocycles. The highest BCUT2D eigenvalue weighted by molar-refractivity contribution is 5.76. The normalized spacial score (nSPS) is 18.6. The van der Waals surface area contributed by atoms with Crippen molar-refractivity contribution in [2.75, 3.05) is 12.3 Å². The summed E-state index contributed by atoms with van der Waals surface area (Å²) in [6.07, 6.45) is 3.66. The minimum Gasteiger partial charge on any atom is -0.399 e. The van der Waals surface area contributed by atoms with Crippen LogP contribution in [0.25, 0.3) is 0 Å². The fourth-order valence-corrected chi connectivity index (χ4v) is 2.66. The number of fused-ring (bicyclic) bond motifs is 1. The molecule has 1 amide bonds. The molecule has 4 heteroatoms. The van der Waals surface area contributed by atoms with Gasteiger partial charge in [-0.3, -0.25) is 4.79 Å². The quantitative estimate of drug-likeness (QED) is 0.697. The van der Waals surface area contributed by atoms with Crippen LogP contribution < -0.4 is 16.4 Å². The standard InChI is InChI=1S/C16H25N3O/c1-3-11(2)19-16(20)8-9-18-15-7-4-12-10-13(17)5-6-14(12)15/h5-6,10-11,15,18H,3-4,7-9,17H2,1-2H3,(H,19,20).